The smallest absolute Gasteiger partial charge is 0.269 e. The third kappa shape index (κ3) is 3.55. The summed E-state index contributed by atoms with van der Waals surface area (Å²) in [6, 6.07) is 12.0. The van der Waals surface area contributed by atoms with Crippen molar-refractivity contribution in [3.8, 4) is 5.75 Å². The molecule has 0 aliphatic heterocycles. The van der Waals surface area contributed by atoms with Crippen LogP contribution in [0.1, 0.15) is 15.9 Å². The second-order valence-corrected chi connectivity index (χ2v) is 5.04. The highest BCUT2D eigenvalue weighted by molar-refractivity contribution is 9.12. The molecule has 0 spiro atoms. The van der Waals surface area contributed by atoms with Crippen molar-refractivity contribution in [3.63, 3.8) is 0 Å². The van der Waals surface area contributed by atoms with Crippen LogP contribution in [0.15, 0.2) is 53.0 Å². The minimum Gasteiger partial charge on any atom is -0.507 e. The lowest BCUT2D eigenvalue weighted by atomic mass is 10.1. The molecule has 1 N–H and O–H groups in total. The van der Waals surface area contributed by atoms with Crippen molar-refractivity contribution >= 4 is 33.5 Å². The number of Topliss-reactive ketones (excluding diaryl/α,β-unsaturated/α-hetero) is 1. The minimum absolute atomic E-state index is 0.0182. The molecule has 0 radical (unpaired) electrons. The molecule has 21 heavy (non-hydrogen) atoms. The summed E-state index contributed by atoms with van der Waals surface area (Å²) >= 11 is 3.16. The van der Waals surface area contributed by atoms with E-state index < -0.39 is 4.92 Å². The Morgan fingerprint density at radius 2 is 1.76 bits per heavy atom. The molecule has 0 atom stereocenters. The van der Waals surface area contributed by atoms with Crippen LogP contribution in [-0.2, 0) is 0 Å². The quantitative estimate of drug-likeness (QED) is 0.393. The second-order valence-electron chi connectivity index (χ2n) is 4.19. The molecule has 0 fully saturated rings. The number of para-hydroxylation sites is 1. The van der Waals surface area contributed by atoms with E-state index in [9.17, 15) is 20.0 Å². The summed E-state index contributed by atoms with van der Waals surface area (Å²) in [7, 11) is 0. The summed E-state index contributed by atoms with van der Waals surface area (Å²) in [5, 5.41) is 20.2. The predicted molar refractivity (Wildman–Crippen MR) is 82.4 cm³/mol. The van der Waals surface area contributed by atoms with Crippen molar-refractivity contribution in [2.45, 2.75) is 0 Å². The first kappa shape index (κ1) is 14.9. The molecule has 0 bridgehead atoms. The maximum Gasteiger partial charge on any atom is 0.269 e. The molecule has 0 aliphatic carbocycles. The first-order valence-electron chi connectivity index (χ1n) is 5.93. The van der Waals surface area contributed by atoms with Gasteiger partial charge in [0.05, 0.1) is 15.0 Å². The van der Waals surface area contributed by atoms with Gasteiger partial charge in [-0.3, -0.25) is 14.9 Å². The van der Waals surface area contributed by atoms with E-state index in [4.69, 9.17) is 0 Å². The fourth-order valence-electron chi connectivity index (χ4n) is 1.70. The zero-order valence-electron chi connectivity index (χ0n) is 10.7. The Bertz CT molecular complexity index is 723. The number of ketones is 1. The molecule has 106 valence electrons. The van der Waals surface area contributed by atoms with Crippen LogP contribution in [0, 0.1) is 10.1 Å². The summed E-state index contributed by atoms with van der Waals surface area (Å²) in [6.07, 6.45) is 1.54. The van der Waals surface area contributed by atoms with Crippen molar-refractivity contribution < 1.29 is 14.8 Å². The Morgan fingerprint density at radius 3 is 2.33 bits per heavy atom. The third-order valence-corrected chi connectivity index (χ3v) is 3.35. The number of nitro groups is 1. The van der Waals surface area contributed by atoms with E-state index >= 15 is 0 Å². The standard InChI is InChI=1S/C15H10BrNO4/c16-13(15(19)12-3-1-2-4-14(12)18)9-10-5-7-11(8-6-10)17(20)21/h1-9,18H/b13-9-. The van der Waals surface area contributed by atoms with E-state index in [1.807, 2.05) is 0 Å². The third-order valence-electron chi connectivity index (χ3n) is 2.76. The van der Waals surface area contributed by atoms with Gasteiger partial charge in [0.15, 0.2) is 0 Å². The number of non-ortho nitro benzene ring substituents is 1. The molecule has 0 unspecified atom stereocenters. The van der Waals surface area contributed by atoms with Crippen molar-refractivity contribution in [2.24, 2.45) is 0 Å². The number of hydrogen-bond donors (Lipinski definition) is 1. The molecular weight excluding hydrogens is 338 g/mol. The number of hydrogen-bond acceptors (Lipinski definition) is 4. The van der Waals surface area contributed by atoms with Gasteiger partial charge >= 0.3 is 0 Å². The number of benzene rings is 2. The van der Waals surface area contributed by atoms with Crippen molar-refractivity contribution in [3.05, 3.63) is 74.3 Å². The van der Waals surface area contributed by atoms with Gasteiger partial charge in [0, 0.05) is 12.1 Å². The van der Waals surface area contributed by atoms with Gasteiger partial charge in [0.1, 0.15) is 5.75 Å². The van der Waals surface area contributed by atoms with Crippen LogP contribution in [0.5, 0.6) is 5.75 Å². The number of allylic oxidation sites excluding steroid dienone is 1. The molecular formula is C15H10BrNO4. The molecule has 2 rings (SSSR count). The highest BCUT2D eigenvalue weighted by Gasteiger charge is 2.13. The molecule has 0 amide bonds. The maximum absolute atomic E-state index is 12.2. The molecule has 5 nitrogen and oxygen atoms in total. The normalized spacial score (nSPS) is 11.2. The fraction of sp³-hybridized carbons (Fsp3) is 0. The highest BCUT2D eigenvalue weighted by atomic mass is 79.9. The molecule has 2 aromatic carbocycles. The molecule has 6 heteroatoms. The first-order valence-corrected chi connectivity index (χ1v) is 6.72. The van der Waals surface area contributed by atoms with Gasteiger partial charge < -0.3 is 5.11 Å². The van der Waals surface area contributed by atoms with E-state index in [1.165, 1.54) is 36.4 Å². The van der Waals surface area contributed by atoms with Gasteiger partial charge in [0.2, 0.25) is 5.78 Å². The minimum atomic E-state index is -0.490. The largest absolute Gasteiger partial charge is 0.507 e. The number of phenols is 1. The highest BCUT2D eigenvalue weighted by Crippen LogP contribution is 2.24. The van der Waals surface area contributed by atoms with E-state index in [0.29, 0.717) is 5.56 Å². The van der Waals surface area contributed by atoms with Gasteiger partial charge in [0.25, 0.3) is 5.69 Å². The molecule has 0 saturated carbocycles. The number of rotatable bonds is 4. The summed E-state index contributed by atoms with van der Waals surface area (Å²) in [4.78, 5) is 22.2. The van der Waals surface area contributed by atoms with E-state index in [1.54, 1.807) is 18.2 Å². The van der Waals surface area contributed by atoms with Gasteiger partial charge in [-0.25, -0.2) is 0 Å². The lowest BCUT2D eigenvalue weighted by Gasteiger charge is -2.02. The lowest BCUT2D eigenvalue weighted by molar-refractivity contribution is -0.384. The van der Waals surface area contributed by atoms with Crippen molar-refractivity contribution in [1.29, 1.82) is 0 Å². The molecule has 2 aromatic rings. The van der Waals surface area contributed by atoms with Crippen LogP contribution in [0.2, 0.25) is 0 Å². The number of carbonyl (C=O) groups excluding carboxylic acids is 1. The van der Waals surface area contributed by atoms with Crippen molar-refractivity contribution in [1.82, 2.24) is 0 Å². The zero-order valence-corrected chi connectivity index (χ0v) is 12.3. The number of nitro benzene ring substituents is 1. The van der Waals surface area contributed by atoms with Crippen LogP contribution >= 0.6 is 15.9 Å². The molecule has 0 heterocycles. The molecule has 0 aliphatic rings. The Hall–Kier alpha value is -2.47. The fourth-order valence-corrected chi connectivity index (χ4v) is 2.18. The Labute approximate surface area is 128 Å². The number of carbonyl (C=O) groups is 1. The predicted octanol–water partition coefficient (Wildman–Crippen LogP) is 3.92. The number of aromatic hydroxyl groups is 1. The lowest BCUT2D eigenvalue weighted by Crippen LogP contribution is -1.98. The van der Waals surface area contributed by atoms with Crippen LogP contribution < -0.4 is 0 Å². The van der Waals surface area contributed by atoms with Gasteiger partial charge in [-0.1, -0.05) is 12.1 Å². The summed E-state index contributed by atoms with van der Waals surface area (Å²) in [6.45, 7) is 0. The number of phenolic OH excluding ortho intramolecular Hbond substituents is 1. The van der Waals surface area contributed by atoms with E-state index in [0.717, 1.165) is 0 Å². The zero-order chi connectivity index (χ0) is 15.4. The molecule has 0 aromatic heterocycles. The topological polar surface area (TPSA) is 80.4 Å². The maximum atomic E-state index is 12.2. The Kier molecular flexibility index (Phi) is 4.49. The van der Waals surface area contributed by atoms with E-state index in [-0.39, 0.29) is 27.3 Å². The molecule has 0 saturated heterocycles. The van der Waals surface area contributed by atoms with Gasteiger partial charge in [-0.05, 0) is 51.8 Å². The summed E-state index contributed by atoms with van der Waals surface area (Å²) in [5.74, 6) is -0.469. The van der Waals surface area contributed by atoms with Gasteiger partial charge in [-0.15, -0.1) is 0 Å². The first-order chi connectivity index (χ1) is 9.99. The summed E-state index contributed by atoms with van der Waals surface area (Å²) in [5.41, 5.74) is 0.800. The van der Waals surface area contributed by atoms with Crippen LogP contribution in [-0.4, -0.2) is 15.8 Å². The van der Waals surface area contributed by atoms with E-state index in [2.05, 4.69) is 15.9 Å². The second kappa shape index (κ2) is 6.32. The average Bonchev–Trinajstić information content (AvgIpc) is 2.47. The monoisotopic (exact) mass is 347 g/mol. The van der Waals surface area contributed by atoms with Crippen molar-refractivity contribution in [2.75, 3.05) is 0 Å². The Morgan fingerprint density at radius 1 is 1.14 bits per heavy atom. The van der Waals surface area contributed by atoms with Crippen LogP contribution in [0.25, 0.3) is 6.08 Å². The number of halogens is 1. The average molecular weight is 348 g/mol. The van der Waals surface area contributed by atoms with Crippen LogP contribution in [0.4, 0.5) is 5.69 Å². The van der Waals surface area contributed by atoms with Gasteiger partial charge in [-0.2, -0.15) is 0 Å². The number of nitrogens with zero attached hydrogens (tertiary/aromatic N) is 1. The SMILES string of the molecule is O=C(/C(Br)=C/c1ccc([N+](=O)[O-])cc1)c1ccccc1O. The Balaban J connectivity index is 2.26. The van der Waals surface area contributed by atoms with Crippen LogP contribution in [0.3, 0.4) is 0 Å². The summed E-state index contributed by atoms with van der Waals surface area (Å²) < 4.78 is 0.248.